The van der Waals surface area contributed by atoms with Crippen LogP contribution in [0.15, 0.2) is 123 Å². The summed E-state index contributed by atoms with van der Waals surface area (Å²) < 4.78 is 0.151. The SMILES string of the molecule is C=CCc1cccc(C2C3=CCC4C(=O)N(c5ccc(N=Nc6ccc(N(C)C)cc6)cc5)C(=O)C4C3CC3=C2C(=O)C=C(Br)C3=O)c1O. The first kappa shape index (κ1) is 32.3. The normalized spacial score (nSPS) is 23.3. The number of allylic oxidation sites excluding steroid dienone is 7. The summed E-state index contributed by atoms with van der Waals surface area (Å²) in [6, 6.07) is 19.8. The van der Waals surface area contributed by atoms with E-state index in [0.29, 0.717) is 52.2 Å². The molecular formula is C39H33BrN4O5. The zero-order valence-corrected chi connectivity index (χ0v) is 28.6. The smallest absolute Gasteiger partial charge is 0.238 e. The summed E-state index contributed by atoms with van der Waals surface area (Å²) in [7, 11) is 3.93. The van der Waals surface area contributed by atoms with E-state index in [0.717, 1.165) is 11.3 Å². The maximum absolute atomic E-state index is 14.3. The molecule has 1 N–H and O–H groups in total. The summed E-state index contributed by atoms with van der Waals surface area (Å²) in [6.45, 7) is 3.79. The number of ketones is 2. The highest BCUT2D eigenvalue weighted by atomic mass is 79.9. The molecule has 9 nitrogen and oxygen atoms in total. The van der Waals surface area contributed by atoms with Gasteiger partial charge in [-0.2, -0.15) is 10.2 Å². The Bertz CT molecular complexity index is 2060. The monoisotopic (exact) mass is 716 g/mol. The number of benzene rings is 3. The number of Topliss-reactive ketones (excluding diaryl/α,β-unsaturated/α-hetero) is 1. The molecule has 1 heterocycles. The molecule has 3 aliphatic carbocycles. The molecule has 1 saturated heterocycles. The third-order valence-corrected chi connectivity index (χ3v) is 10.5. The number of nitrogens with zero attached hydrogens (tertiary/aromatic N) is 4. The average Bonchev–Trinajstić information content (AvgIpc) is 3.36. The lowest BCUT2D eigenvalue weighted by Crippen LogP contribution is -2.39. The van der Waals surface area contributed by atoms with Crippen LogP contribution in [0, 0.1) is 17.8 Å². The number of fused-ring (bicyclic) bond motifs is 3. The van der Waals surface area contributed by atoms with E-state index in [-0.39, 0.29) is 40.0 Å². The van der Waals surface area contributed by atoms with Crippen molar-refractivity contribution < 1.29 is 24.3 Å². The lowest BCUT2D eigenvalue weighted by Gasteiger charge is -2.42. The molecule has 0 aromatic heterocycles. The predicted molar refractivity (Wildman–Crippen MR) is 190 cm³/mol. The number of hydrogen-bond donors (Lipinski definition) is 1. The molecule has 4 unspecified atom stereocenters. The molecule has 7 rings (SSSR count). The van der Waals surface area contributed by atoms with Gasteiger partial charge in [0.15, 0.2) is 11.6 Å². The lowest BCUT2D eigenvalue weighted by molar-refractivity contribution is -0.123. The van der Waals surface area contributed by atoms with Crippen LogP contribution in [0.3, 0.4) is 0 Å². The maximum Gasteiger partial charge on any atom is 0.238 e. The van der Waals surface area contributed by atoms with E-state index >= 15 is 0 Å². The number of rotatable bonds is 7. The van der Waals surface area contributed by atoms with Crippen molar-refractivity contribution in [3.8, 4) is 5.75 Å². The van der Waals surface area contributed by atoms with Gasteiger partial charge in [0.25, 0.3) is 0 Å². The van der Waals surface area contributed by atoms with E-state index in [9.17, 15) is 24.3 Å². The predicted octanol–water partition coefficient (Wildman–Crippen LogP) is 7.57. The molecule has 10 heteroatoms. The van der Waals surface area contributed by atoms with E-state index in [1.165, 1.54) is 11.0 Å². The van der Waals surface area contributed by atoms with E-state index in [4.69, 9.17) is 0 Å². The number of carbonyl (C=O) groups excluding carboxylic acids is 4. The minimum Gasteiger partial charge on any atom is -0.507 e. The van der Waals surface area contributed by atoms with E-state index < -0.39 is 23.7 Å². The van der Waals surface area contributed by atoms with Crippen LogP contribution in [0.5, 0.6) is 5.75 Å². The molecule has 1 fully saturated rings. The first-order valence-corrected chi connectivity index (χ1v) is 16.9. The molecule has 3 aromatic carbocycles. The fourth-order valence-electron chi connectivity index (χ4n) is 7.58. The standard InChI is InChI=1S/C39H33BrN4O5/c1-4-6-21-7-5-8-27(36(21)46)33-26-17-18-28-34(29(26)19-30-35(33)32(45)20-31(40)37(30)47)39(49)44(38(28)48)25-15-11-23(12-16-25)42-41-22-9-13-24(14-10-22)43(2)3/h4-5,7-17,20,28-29,33-34,46H,1,6,18-19H2,2-3H3. The van der Waals surface area contributed by atoms with Gasteiger partial charge in [0.1, 0.15) is 5.75 Å². The van der Waals surface area contributed by atoms with Crippen LogP contribution in [0.1, 0.15) is 29.9 Å². The molecule has 0 saturated carbocycles. The summed E-state index contributed by atoms with van der Waals surface area (Å²) >= 11 is 3.26. The average molecular weight is 718 g/mol. The third-order valence-electron chi connectivity index (χ3n) is 9.91. The Labute approximate surface area is 292 Å². The van der Waals surface area contributed by atoms with Crippen LogP contribution >= 0.6 is 15.9 Å². The van der Waals surface area contributed by atoms with Crippen molar-refractivity contribution in [1.82, 2.24) is 0 Å². The van der Waals surface area contributed by atoms with E-state index in [1.54, 1.807) is 48.5 Å². The van der Waals surface area contributed by atoms with Crippen molar-refractivity contribution >= 4 is 62.1 Å². The molecule has 3 aromatic rings. The van der Waals surface area contributed by atoms with Crippen molar-refractivity contribution in [1.29, 1.82) is 0 Å². The summed E-state index contributed by atoms with van der Waals surface area (Å²) in [5.74, 6) is -3.90. The topological polar surface area (TPSA) is 120 Å². The van der Waals surface area contributed by atoms with Gasteiger partial charge in [-0.1, -0.05) is 35.9 Å². The molecule has 4 atom stereocenters. The lowest BCUT2D eigenvalue weighted by atomic mass is 9.59. The fraction of sp³-hybridized carbons (Fsp3) is 0.231. The number of azo groups is 1. The van der Waals surface area contributed by atoms with Crippen LogP contribution in [0.25, 0.3) is 0 Å². The number of aromatic hydroxyl groups is 1. The van der Waals surface area contributed by atoms with Crippen LogP contribution in [-0.4, -0.2) is 42.6 Å². The number of para-hydroxylation sites is 1. The van der Waals surface area contributed by atoms with Crippen LogP contribution in [-0.2, 0) is 25.6 Å². The maximum atomic E-state index is 14.3. The minimum absolute atomic E-state index is 0.0232. The zero-order chi connectivity index (χ0) is 34.6. The van der Waals surface area contributed by atoms with Crippen molar-refractivity contribution in [2.45, 2.75) is 25.2 Å². The second-order valence-electron chi connectivity index (χ2n) is 12.9. The van der Waals surface area contributed by atoms with Crippen LogP contribution in [0.2, 0.25) is 0 Å². The Kier molecular flexibility index (Phi) is 8.36. The number of carbonyl (C=O) groups is 4. The highest BCUT2D eigenvalue weighted by Gasteiger charge is 2.57. The number of anilines is 2. The Morgan fingerprint density at radius 1 is 0.939 bits per heavy atom. The Morgan fingerprint density at radius 2 is 1.61 bits per heavy atom. The Hall–Kier alpha value is -5.22. The van der Waals surface area contributed by atoms with Gasteiger partial charge in [-0.15, -0.1) is 6.58 Å². The molecule has 4 aliphatic rings. The third kappa shape index (κ3) is 5.50. The van der Waals surface area contributed by atoms with E-state index in [1.807, 2.05) is 49.3 Å². The summed E-state index contributed by atoms with van der Waals surface area (Å²) in [4.78, 5) is 58.5. The zero-order valence-electron chi connectivity index (χ0n) is 27.0. The van der Waals surface area contributed by atoms with Gasteiger partial charge in [-0.3, -0.25) is 24.1 Å². The van der Waals surface area contributed by atoms with Crippen molar-refractivity contribution in [3.05, 3.63) is 124 Å². The quantitative estimate of drug-likeness (QED) is 0.117. The number of phenols is 1. The van der Waals surface area contributed by atoms with Gasteiger partial charge < -0.3 is 10.0 Å². The second kappa shape index (κ2) is 12.7. The van der Waals surface area contributed by atoms with Gasteiger partial charge in [0.2, 0.25) is 11.8 Å². The highest BCUT2D eigenvalue weighted by molar-refractivity contribution is 9.12. The number of amides is 2. The molecule has 0 radical (unpaired) electrons. The molecule has 1 aliphatic heterocycles. The molecule has 2 amide bonds. The Balaban J connectivity index is 1.21. The number of halogens is 1. The van der Waals surface area contributed by atoms with E-state index in [2.05, 4.69) is 32.7 Å². The molecule has 246 valence electrons. The summed E-state index contributed by atoms with van der Waals surface area (Å²) in [6.07, 6.45) is 5.75. The molecular weight excluding hydrogens is 684 g/mol. The van der Waals surface area contributed by atoms with Crippen LogP contribution < -0.4 is 9.80 Å². The second-order valence-corrected chi connectivity index (χ2v) is 13.7. The largest absolute Gasteiger partial charge is 0.507 e. The van der Waals surface area contributed by atoms with Gasteiger partial charge in [-0.05, 0) is 95.2 Å². The van der Waals surface area contributed by atoms with Gasteiger partial charge in [-0.25, -0.2) is 0 Å². The minimum atomic E-state index is -0.742. The summed E-state index contributed by atoms with van der Waals surface area (Å²) in [5, 5.41) is 20.0. The first-order valence-electron chi connectivity index (χ1n) is 16.1. The van der Waals surface area contributed by atoms with Gasteiger partial charge in [0.05, 0.1) is 33.4 Å². The fourth-order valence-corrected chi connectivity index (χ4v) is 8.03. The first-order chi connectivity index (χ1) is 23.6. The molecule has 0 spiro atoms. The number of hydrogen-bond acceptors (Lipinski definition) is 8. The molecule has 0 bridgehead atoms. The Morgan fingerprint density at radius 3 is 2.27 bits per heavy atom. The van der Waals surface area contributed by atoms with Gasteiger partial charge in [0, 0.05) is 48.5 Å². The van der Waals surface area contributed by atoms with Crippen molar-refractivity contribution in [2.24, 2.45) is 28.0 Å². The highest BCUT2D eigenvalue weighted by Crippen LogP contribution is 2.56. The van der Waals surface area contributed by atoms with Crippen molar-refractivity contribution in [3.63, 3.8) is 0 Å². The number of phenolic OH excluding ortho intramolecular Hbond substituents is 1. The van der Waals surface area contributed by atoms with Crippen LogP contribution in [0.4, 0.5) is 22.7 Å². The van der Waals surface area contributed by atoms with Gasteiger partial charge >= 0.3 is 0 Å². The summed E-state index contributed by atoms with van der Waals surface area (Å²) in [5.41, 5.74) is 5.25. The molecule has 49 heavy (non-hydrogen) atoms. The number of imide groups is 1. The van der Waals surface area contributed by atoms with Crippen molar-refractivity contribution in [2.75, 3.05) is 23.9 Å².